The number of nitrogens with zero attached hydrogens (tertiary/aromatic N) is 1. The summed E-state index contributed by atoms with van der Waals surface area (Å²) in [6.45, 7) is 11.9. The maximum atomic E-state index is 2.61. The Bertz CT molecular complexity index is 123. The van der Waals surface area contributed by atoms with Crippen LogP contribution in [0.3, 0.4) is 0 Å². The molecule has 1 aliphatic heterocycles. The molecule has 0 unspecified atom stereocenters. The number of hydrogen-bond acceptors (Lipinski definition) is 1. The smallest absolute Gasteiger partial charge is 0.00676 e. The molecule has 1 heteroatoms. The molecule has 0 spiro atoms. The summed E-state index contributed by atoms with van der Waals surface area (Å²) in [4.78, 5) is 2.61. The molecule has 0 aromatic heterocycles. The first-order chi connectivity index (χ1) is 4.99. The van der Waals surface area contributed by atoms with Crippen molar-refractivity contribution in [2.75, 3.05) is 13.1 Å². The molecule has 11 heavy (non-hydrogen) atoms. The molecule has 1 aliphatic rings. The van der Waals surface area contributed by atoms with Gasteiger partial charge in [0, 0.05) is 12.6 Å². The van der Waals surface area contributed by atoms with Crippen molar-refractivity contribution >= 4 is 0 Å². The van der Waals surface area contributed by atoms with Gasteiger partial charge in [0.25, 0.3) is 0 Å². The number of rotatable bonds is 1. The third-order valence-electron chi connectivity index (χ3n) is 2.37. The molecular formula is C10H21N. The molecule has 0 N–H and O–H groups in total. The summed E-state index contributed by atoms with van der Waals surface area (Å²) in [5.41, 5.74) is 0.471. The van der Waals surface area contributed by atoms with Crippen LogP contribution in [-0.2, 0) is 0 Å². The Hall–Kier alpha value is -0.0400. The molecule has 0 aromatic carbocycles. The van der Waals surface area contributed by atoms with E-state index in [1.165, 1.54) is 25.9 Å². The summed E-state index contributed by atoms with van der Waals surface area (Å²) >= 11 is 0. The fraction of sp³-hybridized carbons (Fsp3) is 1.00. The van der Waals surface area contributed by atoms with Crippen LogP contribution in [0.4, 0.5) is 0 Å². The van der Waals surface area contributed by atoms with Gasteiger partial charge in [0.1, 0.15) is 0 Å². The normalized spacial score (nSPS) is 27.8. The Balaban J connectivity index is 2.37. The fourth-order valence-corrected chi connectivity index (χ4v) is 1.84. The van der Waals surface area contributed by atoms with Crippen LogP contribution >= 0.6 is 0 Å². The first kappa shape index (κ1) is 9.05. The summed E-state index contributed by atoms with van der Waals surface area (Å²) in [7, 11) is 0. The molecule has 66 valence electrons. The second-order valence-electron chi connectivity index (χ2n) is 5.02. The van der Waals surface area contributed by atoms with E-state index in [1.807, 2.05) is 0 Å². The van der Waals surface area contributed by atoms with Gasteiger partial charge >= 0.3 is 0 Å². The topological polar surface area (TPSA) is 3.24 Å². The first-order valence-electron chi connectivity index (χ1n) is 4.73. The van der Waals surface area contributed by atoms with E-state index in [0.717, 1.165) is 6.04 Å². The molecule has 1 fully saturated rings. The predicted octanol–water partition coefficient (Wildman–Crippen LogP) is 2.52. The molecule has 1 nitrogen and oxygen atoms in total. The van der Waals surface area contributed by atoms with E-state index < -0.39 is 0 Å². The Labute approximate surface area is 70.8 Å². The van der Waals surface area contributed by atoms with Crippen LogP contribution in [-0.4, -0.2) is 24.0 Å². The second-order valence-corrected chi connectivity index (χ2v) is 5.02. The zero-order valence-electron chi connectivity index (χ0n) is 8.35. The van der Waals surface area contributed by atoms with Gasteiger partial charge in [0.2, 0.25) is 0 Å². The van der Waals surface area contributed by atoms with Gasteiger partial charge in [-0.3, -0.25) is 0 Å². The summed E-state index contributed by atoms with van der Waals surface area (Å²) in [6.07, 6.45) is 2.80. The van der Waals surface area contributed by atoms with Crippen LogP contribution in [0.5, 0.6) is 0 Å². The van der Waals surface area contributed by atoms with Crippen molar-refractivity contribution < 1.29 is 0 Å². The summed E-state index contributed by atoms with van der Waals surface area (Å²) in [6, 6.07) is 0.828. The monoisotopic (exact) mass is 155 g/mol. The standard InChI is InChI=1S/C10H21N/c1-9-6-5-7-11(9)8-10(2,3)4/h9H,5-8H2,1-4H3/t9-/m0/s1. The zero-order valence-corrected chi connectivity index (χ0v) is 8.35. The van der Waals surface area contributed by atoms with Crippen LogP contribution in [0.2, 0.25) is 0 Å². The highest BCUT2D eigenvalue weighted by molar-refractivity contribution is 4.79. The average molecular weight is 155 g/mol. The van der Waals surface area contributed by atoms with Crippen LogP contribution in [0.15, 0.2) is 0 Å². The van der Waals surface area contributed by atoms with Gasteiger partial charge in [0.15, 0.2) is 0 Å². The van der Waals surface area contributed by atoms with Gasteiger partial charge in [-0.2, -0.15) is 0 Å². The van der Waals surface area contributed by atoms with Crippen molar-refractivity contribution in [1.29, 1.82) is 0 Å². The highest BCUT2D eigenvalue weighted by Gasteiger charge is 2.24. The minimum absolute atomic E-state index is 0.471. The van der Waals surface area contributed by atoms with Crippen molar-refractivity contribution in [2.24, 2.45) is 5.41 Å². The largest absolute Gasteiger partial charge is 0.300 e. The molecule has 0 aliphatic carbocycles. The lowest BCUT2D eigenvalue weighted by Crippen LogP contribution is -2.34. The minimum Gasteiger partial charge on any atom is -0.300 e. The van der Waals surface area contributed by atoms with E-state index in [9.17, 15) is 0 Å². The SMILES string of the molecule is C[C@H]1CCCN1CC(C)(C)C. The quantitative estimate of drug-likeness (QED) is 0.562. The number of hydrogen-bond donors (Lipinski definition) is 0. The maximum Gasteiger partial charge on any atom is 0.00676 e. The molecule has 0 saturated carbocycles. The van der Waals surface area contributed by atoms with Crippen molar-refractivity contribution in [3.05, 3.63) is 0 Å². The molecule has 1 rings (SSSR count). The fourth-order valence-electron chi connectivity index (χ4n) is 1.84. The van der Waals surface area contributed by atoms with Crippen LogP contribution in [0.1, 0.15) is 40.5 Å². The van der Waals surface area contributed by atoms with Crippen LogP contribution in [0.25, 0.3) is 0 Å². The molecule has 1 heterocycles. The van der Waals surface area contributed by atoms with Crippen molar-refractivity contribution in [3.63, 3.8) is 0 Å². The Morgan fingerprint density at radius 3 is 2.36 bits per heavy atom. The lowest BCUT2D eigenvalue weighted by molar-refractivity contribution is 0.186. The third-order valence-corrected chi connectivity index (χ3v) is 2.37. The minimum atomic E-state index is 0.471. The van der Waals surface area contributed by atoms with Gasteiger partial charge in [-0.1, -0.05) is 20.8 Å². The van der Waals surface area contributed by atoms with Crippen molar-refractivity contribution in [2.45, 2.75) is 46.6 Å². The Kier molecular flexibility index (Phi) is 2.58. The second kappa shape index (κ2) is 3.14. The summed E-state index contributed by atoms with van der Waals surface area (Å²) in [5.74, 6) is 0. The lowest BCUT2D eigenvalue weighted by atomic mass is 9.96. The van der Waals surface area contributed by atoms with E-state index in [0.29, 0.717) is 5.41 Å². The Morgan fingerprint density at radius 2 is 2.00 bits per heavy atom. The van der Waals surface area contributed by atoms with E-state index in [-0.39, 0.29) is 0 Å². The Morgan fingerprint density at radius 1 is 1.36 bits per heavy atom. The highest BCUT2D eigenvalue weighted by Crippen LogP contribution is 2.22. The maximum absolute atomic E-state index is 2.61. The van der Waals surface area contributed by atoms with Gasteiger partial charge in [-0.25, -0.2) is 0 Å². The first-order valence-corrected chi connectivity index (χ1v) is 4.73. The lowest BCUT2D eigenvalue weighted by Gasteiger charge is -2.29. The molecule has 0 radical (unpaired) electrons. The van der Waals surface area contributed by atoms with E-state index in [4.69, 9.17) is 0 Å². The average Bonchev–Trinajstić information content (AvgIpc) is 2.12. The van der Waals surface area contributed by atoms with Gasteiger partial charge in [0.05, 0.1) is 0 Å². The molecular weight excluding hydrogens is 134 g/mol. The number of likely N-dealkylation sites (tertiary alicyclic amines) is 1. The zero-order chi connectivity index (χ0) is 8.48. The van der Waals surface area contributed by atoms with Gasteiger partial charge in [-0.05, 0) is 31.7 Å². The summed E-state index contributed by atoms with van der Waals surface area (Å²) < 4.78 is 0. The molecule has 0 aromatic rings. The molecule has 1 atom stereocenters. The van der Waals surface area contributed by atoms with Gasteiger partial charge < -0.3 is 4.90 Å². The summed E-state index contributed by atoms with van der Waals surface area (Å²) in [5, 5.41) is 0. The van der Waals surface area contributed by atoms with Crippen LogP contribution < -0.4 is 0 Å². The van der Waals surface area contributed by atoms with E-state index in [1.54, 1.807) is 0 Å². The van der Waals surface area contributed by atoms with Crippen molar-refractivity contribution in [1.82, 2.24) is 4.90 Å². The highest BCUT2D eigenvalue weighted by atomic mass is 15.2. The van der Waals surface area contributed by atoms with Crippen molar-refractivity contribution in [3.8, 4) is 0 Å². The van der Waals surface area contributed by atoms with Crippen LogP contribution in [0, 0.1) is 5.41 Å². The molecule has 0 amide bonds. The molecule has 1 saturated heterocycles. The predicted molar refractivity (Wildman–Crippen MR) is 49.7 cm³/mol. The van der Waals surface area contributed by atoms with Gasteiger partial charge in [-0.15, -0.1) is 0 Å². The van der Waals surface area contributed by atoms with E-state index in [2.05, 4.69) is 32.6 Å². The third kappa shape index (κ3) is 2.82. The van der Waals surface area contributed by atoms with E-state index >= 15 is 0 Å². The molecule has 0 bridgehead atoms.